The number of benzene rings is 1. The summed E-state index contributed by atoms with van der Waals surface area (Å²) in [4.78, 5) is 12.7. The first-order chi connectivity index (χ1) is 18.9. The lowest BCUT2D eigenvalue weighted by molar-refractivity contribution is 0.0834. The predicted octanol–water partition coefficient (Wildman–Crippen LogP) is 5.97. The molecule has 2 aromatic heterocycles. The lowest BCUT2D eigenvalue weighted by atomic mass is 9.97. The molecule has 0 amide bonds. The van der Waals surface area contributed by atoms with E-state index in [4.69, 9.17) is 21.0 Å². The van der Waals surface area contributed by atoms with Crippen LogP contribution in [0.5, 0.6) is 5.75 Å². The third-order valence-corrected chi connectivity index (χ3v) is 7.91. The summed E-state index contributed by atoms with van der Waals surface area (Å²) in [5.74, 6) is 3.43. The molecule has 3 aromatic rings. The van der Waals surface area contributed by atoms with Gasteiger partial charge in [-0.15, -0.1) is 17.8 Å². The molecule has 2 aliphatic rings. The van der Waals surface area contributed by atoms with Crippen molar-refractivity contribution in [2.24, 2.45) is 5.16 Å². The third kappa shape index (κ3) is 6.25. The molecule has 2 aliphatic heterocycles. The summed E-state index contributed by atoms with van der Waals surface area (Å²) in [5, 5.41) is 11.0. The highest BCUT2D eigenvalue weighted by molar-refractivity contribution is 7.10. The number of thiazole rings is 1. The summed E-state index contributed by atoms with van der Waals surface area (Å²) < 4.78 is 59.0. The Morgan fingerprint density at radius 2 is 1.92 bits per heavy atom. The smallest absolute Gasteiger partial charge is 0.282 e. The number of oxime groups is 1. The van der Waals surface area contributed by atoms with Crippen molar-refractivity contribution in [3.05, 3.63) is 63.4 Å². The van der Waals surface area contributed by atoms with Crippen LogP contribution < -0.4 is 4.74 Å². The van der Waals surface area contributed by atoms with Gasteiger partial charge in [-0.3, -0.25) is 4.68 Å². The zero-order chi connectivity index (χ0) is 27.4. The number of halogens is 4. The molecule has 0 saturated carbocycles. The highest BCUT2D eigenvalue weighted by atomic mass is 32.1. The van der Waals surface area contributed by atoms with Crippen LogP contribution in [0.4, 0.5) is 17.6 Å². The summed E-state index contributed by atoms with van der Waals surface area (Å²) in [6, 6.07) is 8.38. The fraction of sp³-hybridized carbons (Fsp3) is 0.444. The molecule has 1 atom stereocenters. The van der Waals surface area contributed by atoms with E-state index in [0.29, 0.717) is 18.7 Å². The average molecular weight is 562 g/mol. The third-order valence-electron chi connectivity index (χ3n) is 6.91. The fourth-order valence-electron chi connectivity index (χ4n) is 4.85. The first-order valence-corrected chi connectivity index (χ1v) is 13.5. The minimum Gasteiger partial charge on any atom is -0.481 e. The Morgan fingerprint density at radius 1 is 1.13 bits per heavy atom. The van der Waals surface area contributed by atoms with Crippen LogP contribution in [0, 0.1) is 12.3 Å². The Labute approximate surface area is 227 Å². The van der Waals surface area contributed by atoms with Crippen molar-refractivity contribution in [2.45, 2.75) is 50.7 Å². The molecule has 206 valence electrons. The van der Waals surface area contributed by atoms with Gasteiger partial charge in [-0.2, -0.15) is 5.10 Å². The number of rotatable bonds is 10. The minimum absolute atomic E-state index is 0.135. The number of terminal acetylenes is 1. The summed E-state index contributed by atoms with van der Waals surface area (Å²) >= 11 is 1.59. The van der Waals surface area contributed by atoms with Crippen molar-refractivity contribution in [3.8, 4) is 18.1 Å². The van der Waals surface area contributed by atoms with Crippen LogP contribution in [-0.4, -0.2) is 51.6 Å². The number of piperidine rings is 1. The monoisotopic (exact) mass is 561 g/mol. The van der Waals surface area contributed by atoms with Gasteiger partial charge in [0, 0.05) is 29.8 Å². The van der Waals surface area contributed by atoms with Crippen molar-refractivity contribution in [2.75, 3.05) is 26.2 Å². The van der Waals surface area contributed by atoms with E-state index in [1.165, 1.54) is 0 Å². The second-order valence-electron chi connectivity index (χ2n) is 9.37. The summed E-state index contributed by atoms with van der Waals surface area (Å²) in [5.41, 5.74) is 1.38. The molecule has 0 spiro atoms. The van der Waals surface area contributed by atoms with Crippen LogP contribution >= 0.6 is 11.3 Å². The topological polar surface area (TPSA) is 64.8 Å². The largest absolute Gasteiger partial charge is 0.481 e. The van der Waals surface area contributed by atoms with Gasteiger partial charge in [0.25, 0.3) is 12.9 Å². The van der Waals surface area contributed by atoms with Crippen LogP contribution in [-0.2, 0) is 11.4 Å². The van der Waals surface area contributed by atoms with Gasteiger partial charge in [-0.05, 0) is 38.1 Å². The maximum atomic E-state index is 13.2. The number of alkyl halides is 4. The zero-order valence-electron chi connectivity index (χ0n) is 21.0. The van der Waals surface area contributed by atoms with Crippen molar-refractivity contribution >= 4 is 17.0 Å². The van der Waals surface area contributed by atoms with Crippen LogP contribution in [0.3, 0.4) is 0 Å². The van der Waals surface area contributed by atoms with Crippen molar-refractivity contribution in [1.29, 1.82) is 0 Å². The molecule has 0 bridgehead atoms. The molecule has 7 nitrogen and oxygen atoms in total. The summed E-state index contributed by atoms with van der Waals surface area (Å²) in [6.07, 6.45) is 1.61. The second-order valence-corrected chi connectivity index (χ2v) is 10.3. The molecule has 12 heteroatoms. The fourth-order valence-corrected chi connectivity index (χ4v) is 5.85. The van der Waals surface area contributed by atoms with E-state index in [1.807, 2.05) is 29.6 Å². The first-order valence-electron chi connectivity index (χ1n) is 12.6. The number of nitrogens with zero attached hydrogens (tertiary/aromatic N) is 5. The molecular weight excluding hydrogens is 534 g/mol. The van der Waals surface area contributed by atoms with Gasteiger partial charge in [0.05, 0.1) is 17.2 Å². The standard InChI is InChI=1S/C27H27F4N5O2S/c1-2-13-37-23-6-4-3-5-18(23)24-15-19(34-38-24)21-16-39-27(32-21)17-7-9-35(10-8-17)11-12-36-22(26(30)31)14-20(33-36)25(28)29/h1,3-6,14,16-17,24-26H,7-13,15H2. The van der Waals surface area contributed by atoms with Gasteiger partial charge in [-0.25, -0.2) is 22.5 Å². The SMILES string of the molecule is C#CCOc1ccccc1C1CC(c2csc(C3CCN(CCn4nc(C(F)F)cc4C(F)F)CC3)n2)=NO1. The Hall–Kier alpha value is -3.43. The minimum atomic E-state index is -2.88. The van der Waals surface area contributed by atoms with E-state index < -0.39 is 24.2 Å². The van der Waals surface area contributed by atoms with E-state index in [1.54, 1.807) is 11.3 Å². The molecule has 1 saturated heterocycles. The highest BCUT2D eigenvalue weighted by Gasteiger charge is 2.29. The van der Waals surface area contributed by atoms with E-state index >= 15 is 0 Å². The van der Waals surface area contributed by atoms with Crippen molar-refractivity contribution in [1.82, 2.24) is 19.7 Å². The molecule has 5 rings (SSSR count). The Morgan fingerprint density at radius 3 is 2.67 bits per heavy atom. The van der Waals surface area contributed by atoms with Gasteiger partial charge < -0.3 is 14.5 Å². The van der Waals surface area contributed by atoms with E-state index in [-0.39, 0.29) is 25.2 Å². The van der Waals surface area contributed by atoms with Crippen LogP contribution in [0.15, 0.2) is 40.9 Å². The molecule has 4 heterocycles. The highest BCUT2D eigenvalue weighted by Crippen LogP contribution is 2.36. The number of hydrogen-bond donors (Lipinski definition) is 0. The molecule has 1 unspecified atom stereocenters. The molecule has 39 heavy (non-hydrogen) atoms. The molecule has 0 N–H and O–H groups in total. The van der Waals surface area contributed by atoms with E-state index in [0.717, 1.165) is 58.7 Å². The van der Waals surface area contributed by atoms with Crippen molar-refractivity contribution in [3.63, 3.8) is 0 Å². The summed E-state index contributed by atoms with van der Waals surface area (Å²) in [7, 11) is 0. The number of ether oxygens (including phenoxy) is 1. The van der Waals surface area contributed by atoms with Gasteiger partial charge >= 0.3 is 0 Å². The Balaban J connectivity index is 1.14. The second kappa shape index (κ2) is 12.2. The quantitative estimate of drug-likeness (QED) is 0.225. The van der Waals surface area contributed by atoms with Gasteiger partial charge in [0.15, 0.2) is 6.10 Å². The van der Waals surface area contributed by atoms with Crippen LogP contribution in [0.2, 0.25) is 0 Å². The number of aromatic nitrogens is 3. The lowest BCUT2D eigenvalue weighted by Gasteiger charge is -2.31. The maximum Gasteiger partial charge on any atom is 0.282 e. The normalized spacial score (nSPS) is 18.4. The average Bonchev–Trinajstić information content (AvgIpc) is 3.71. The van der Waals surface area contributed by atoms with Crippen LogP contribution in [0.25, 0.3) is 0 Å². The molecule has 1 fully saturated rings. The lowest BCUT2D eigenvalue weighted by Crippen LogP contribution is -2.35. The Bertz CT molecular complexity index is 1340. The molecule has 1 aromatic carbocycles. The number of para-hydroxylation sites is 1. The number of likely N-dealkylation sites (tertiary alicyclic amines) is 1. The van der Waals surface area contributed by atoms with E-state index in [9.17, 15) is 17.6 Å². The van der Waals surface area contributed by atoms with Gasteiger partial charge in [0.2, 0.25) is 0 Å². The maximum absolute atomic E-state index is 13.2. The zero-order valence-corrected chi connectivity index (χ0v) is 21.8. The van der Waals surface area contributed by atoms with Gasteiger partial charge in [0.1, 0.15) is 29.5 Å². The van der Waals surface area contributed by atoms with Crippen molar-refractivity contribution < 1.29 is 27.1 Å². The van der Waals surface area contributed by atoms with E-state index in [2.05, 4.69) is 21.1 Å². The first kappa shape index (κ1) is 27.1. The van der Waals surface area contributed by atoms with Crippen LogP contribution in [0.1, 0.15) is 71.8 Å². The Kier molecular flexibility index (Phi) is 8.47. The summed E-state index contributed by atoms with van der Waals surface area (Å²) in [6.45, 7) is 2.28. The molecule has 0 radical (unpaired) electrons. The number of hydrogen-bond acceptors (Lipinski definition) is 7. The van der Waals surface area contributed by atoms with Gasteiger partial charge in [-0.1, -0.05) is 29.3 Å². The predicted molar refractivity (Wildman–Crippen MR) is 138 cm³/mol. The molecule has 0 aliphatic carbocycles. The molecular formula is C27H27F4N5O2S.